The standard InChI is InChI=1S/C15H20N5O6P/c21-6-15(3-1-2-4-15)19-12-10-13(17-7-16-12)20(8-18-10)14-11-9(5-24-14)25-27(22,23)26-11/h7-9,11,14,21H,1-6H2,(H,22,23)(H,16,17,19)/t9-,11-,14-/m1/s1. The summed E-state index contributed by atoms with van der Waals surface area (Å²) in [7, 11) is -4.05. The maximum absolute atomic E-state index is 11.7. The molecule has 3 aliphatic rings. The second kappa shape index (κ2) is 6.20. The summed E-state index contributed by atoms with van der Waals surface area (Å²) in [6, 6.07) is 0. The molecule has 2 aliphatic heterocycles. The first-order valence-corrected chi connectivity index (χ1v) is 10.4. The molecular formula is C15H20N5O6P. The Morgan fingerprint density at radius 2 is 2.11 bits per heavy atom. The fourth-order valence-corrected chi connectivity index (χ4v) is 5.24. The summed E-state index contributed by atoms with van der Waals surface area (Å²) in [4.78, 5) is 22.6. The number of anilines is 1. The Morgan fingerprint density at radius 3 is 2.89 bits per heavy atom. The van der Waals surface area contributed by atoms with Crippen molar-refractivity contribution in [2.24, 2.45) is 0 Å². The van der Waals surface area contributed by atoms with Crippen molar-refractivity contribution in [3.63, 3.8) is 0 Å². The van der Waals surface area contributed by atoms with Crippen LogP contribution >= 0.6 is 7.82 Å². The van der Waals surface area contributed by atoms with Crippen LogP contribution in [-0.4, -0.2) is 60.5 Å². The van der Waals surface area contributed by atoms with Gasteiger partial charge in [0.15, 0.2) is 23.2 Å². The van der Waals surface area contributed by atoms with Crippen LogP contribution in [0.25, 0.3) is 11.2 Å². The number of phosphoric ester groups is 1. The van der Waals surface area contributed by atoms with Crippen LogP contribution in [0.1, 0.15) is 31.9 Å². The van der Waals surface area contributed by atoms with Crippen LogP contribution in [0.3, 0.4) is 0 Å². The monoisotopic (exact) mass is 397 g/mol. The molecule has 12 heteroatoms. The number of aliphatic hydroxyl groups is 1. The van der Waals surface area contributed by atoms with Crippen LogP contribution in [0.4, 0.5) is 5.82 Å². The van der Waals surface area contributed by atoms with Crippen molar-refractivity contribution in [1.82, 2.24) is 19.5 Å². The average molecular weight is 397 g/mol. The van der Waals surface area contributed by atoms with E-state index in [4.69, 9.17) is 13.8 Å². The molecule has 4 heterocycles. The molecule has 3 fully saturated rings. The zero-order valence-electron chi connectivity index (χ0n) is 14.4. The Labute approximate surface area is 154 Å². The molecule has 11 nitrogen and oxygen atoms in total. The number of ether oxygens (including phenoxy) is 1. The molecule has 2 saturated heterocycles. The van der Waals surface area contributed by atoms with E-state index in [9.17, 15) is 14.6 Å². The number of nitrogens with one attached hydrogen (secondary N) is 1. The molecule has 0 radical (unpaired) electrons. The lowest BCUT2D eigenvalue weighted by molar-refractivity contribution is -0.000435. The molecule has 146 valence electrons. The van der Waals surface area contributed by atoms with Crippen molar-refractivity contribution in [2.45, 2.75) is 49.7 Å². The summed E-state index contributed by atoms with van der Waals surface area (Å²) in [6.45, 7) is 0.162. The number of fused-ring (bicyclic) bond motifs is 2. The zero-order chi connectivity index (χ0) is 18.6. The fourth-order valence-electron chi connectivity index (χ4n) is 4.12. The molecule has 0 aromatic carbocycles. The Hall–Kier alpha value is -1.62. The molecule has 0 amide bonds. The van der Waals surface area contributed by atoms with Crippen LogP contribution < -0.4 is 5.32 Å². The third kappa shape index (κ3) is 2.86. The lowest BCUT2D eigenvalue weighted by atomic mass is 9.99. The zero-order valence-corrected chi connectivity index (χ0v) is 15.3. The highest BCUT2D eigenvalue weighted by Gasteiger charge is 2.53. The highest BCUT2D eigenvalue weighted by atomic mass is 31.2. The predicted molar refractivity (Wildman–Crippen MR) is 91.8 cm³/mol. The van der Waals surface area contributed by atoms with E-state index >= 15 is 0 Å². The molecule has 4 atom stereocenters. The number of aromatic nitrogens is 4. The van der Waals surface area contributed by atoms with Gasteiger partial charge in [-0.1, -0.05) is 12.8 Å². The number of hydrogen-bond donors (Lipinski definition) is 3. The van der Waals surface area contributed by atoms with Gasteiger partial charge in [0.25, 0.3) is 0 Å². The van der Waals surface area contributed by atoms with Crippen molar-refractivity contribution in [1.29, 1.82) is 0 Å². The lowest BCUT2D eigenvalue weighted by Gasteiger charge is -2.28. The van der Waals surface area contributed by atoms with Crippen molar-refractivity contribution in [2.75, 3.05) is 18.5 Å². The van der Waals surface area contributed by atoms with Gasteiger partial charge in [-0.3, -0.25) is 13.6 Å². The summed E-state index contributed by atoms with van der Waals surface area (Å²) in [5.74, 6) is 0.542. The van der Waals surface area contributed by atoms with E-state index in [0.29, 0.717) is 17.0 Å². The smallest absolute Gasteiger partial charge is 0.394 e. The average Bonchev–Trinajstić information content (AvgIpc) is 3.38. The van der Waals surface area contributed by atoms with E-state index in [2.05, 4.69) is 20.3 Å². The molecule has 0 spiro atoms. The number of nitrogens with zero attached hydrogens (tertiary/aromatic N) is 4. The molecule has 1 unspecified atom stereocenters. The maximum Gasteiger partial charge on any atom is 0.473 e. The van der Waals surface area contributed by atoms with Crippen LogP contribution in [-0.2, 0) is 18.3 Å². The molecule has 5 rings (SSSR count). The molecule has 1 saturated carbocycles. The minimum atomic E-state index is -4.05. The van der Waals surface area contributed by atoms with E-state index in [1.54, 1.807) is 10.9 Å². The first-order valence-electron chi connectivity index (χ1n) is 8.88. The Morgan fingerprint density at radius 1 is 1.30 bits per heavy atom. The fraction of sp³-hybridized carbons (Fsp3) is 0.667. The summed E-state index contributed by atoms with van der Waals surface area (Å²) in [5, 5.41) is 13.2. The predicted octanol–water partition coefficient (Wildman–Crippen LogP) is 0.956. The topological polar surface area (TPSA) is 141 Å². The van der Waals surface area contributed by atoms with E-state index in [1.807, 2.05) is 0 Å². The second-order valence-corrected chi connectivity index (χ2v) is 8.58. The molecule has 3 N–H and O–H groups in total. The maximum atomic E-state index is 11.7. The van der Waals surface area contributed by atoms with Crippen molar-refractivity contribution in [3.05, 3.63) is 12.7 Å². The summed E-state index contributed by atoms with van der Waals surface area (Å²) < 4.78 is 29.2. The molecule has 27 heavy (non-hydrogen) atoms. The number of imidazole rings is 1. The van der Waals surface area contributed by atoms with Crippen molar-refractivity contribution >= 4 is 24.8 Å². The highest BCUT2D eigenvalue weighted by Crippen LogP contribution is 2.57. The van der Waals surface area contributed by atoms with E-state index in [1.165, 1.54) is 6.33 Å². The lowest BCUT2D eigenvalue weighted by Crippen LogP contribution is -2.39. The van der Waals surface area contributed by atoms with Gasteiger partial charge in [-0.05, 0) is 12.8 Å². The van der Waals surface area contributed by atoms with Crippen molar-refractivity contribution in [3.8, 4) is 0 Å². The SMILES string of the molecule is O=P1(O)O[C@H]2[C@H](n3cnc4c(NC5(CO)CCCC5)ncnc43)OC[C@H]2O1. The van der Waals surface area contributed by atoms with Gasteiger partial charge >= 0.3 is 7.82 Å². The van der Waals surface area contributed by atoms with Gasteiger partial charge in [-0.25, -0.2) is 19.5 Å². The van der Waals surface area contributed by atoms with Crippen molar-refractivity contribution < 1.29 is 28.3 Å². The molecule has 0 bridgehead atoms. The van der Waals surface area contributed by atoms with Gasteiger partial charge in [-0.15, -0.1) is 0 Å². The van der Waals surface area contributed by atoms with Crippen LogP contribution in [0, 0.1) is 0 Å². The summed E-state index contributed by atoms with van der Waals surface area (Å²) >= 11 is 0. The third-order valence-electron chi connectivity index (χ3n) is 5.48. The van der Waals surface area contributed by atoms with Crippen LogP contribution in [0.15, 0.2) is 12.7 Å². The Bertz CT molecular complexity index is 915. The normalized spacial score (nSPS) is 35.0. The minimum absolute atomic E-state index is 0.0195. The quantitative estimate of drug-likeness (QED) is 0.639. The summed E-state index contributed by atoms with van der Waals surface area (Å²) in [5.41, 5.74) is 0.647. The van der Waals surface area contributed by atoms with E-state index in [0.717, 1.165) is 25.7 Å². The first-order chi connectivity index (χ1) is 13.0. The van der Waals surface area contributed by atoms with Gasteiger partial charge in [0.05, 0.1) is 25.1 Å². The van der Waals surface area contributed by atoms with Gasteiger partial charge in [-0.2, -0.15) is 0 Å². The van der Waals surface area contributed by atoms with Gasteiger partial charge in [0.2, 0.25) is 0 Å². The Balaban J connectivity index is 1.48. The molecule has 2 aromatic heterocycles. The minimum Gasteiger partial charge on any atom is -0.394 e. The molecule has 2 aromatic rings. The molecule has 1 aliphatic carbocycles. The highest BCUT2D eigenvalue weighted by molar-refractivity contribution is 7.47. The van der Waals surface area contributed by atoms with E-state index in [-0.39, 0.29) is 13.2 Å². The number of aliphatic hydroxyl groups excluding tert-OH is 1. The number of phosphoric acid groups is 1. The second-order valence-electron chi connectivity index (χ2n) is 7.22. The third-order valence-corrected chi connectivity index (χ3v) is 6.53. The van der Waals surface area contributed by atoms with Crippen LogP contribution in [0.2, 0.25) is 0 Å². The van der Waals surface area contributed by atoms with Gasteiger partial charge in [0, 0.05) is 0 Å². The van der Waals surface area contributed by atoms with Gasteiger partial charge in [0.1, 0.15) is 18.5 Å². The first kappa shape index (κ1) is 17.5. The molecular weight excluding hydrogens is 377 g/mol. The number of hydrogen-bond acceptors (Lipinski definition) is 9. The van der Waals surface area contributed by atoms with E-state index < -0.39 is 31.8 Å². The van der Waals surface area contributed by atoms with Crippen LogP contribution in [0.5, 0.6) is 0 Å². The number of rotatable bonds is 4. The summed E-state index contributed by atoms with van der Waals surface area (Å²) in [6.07, 6.45) is 4.78. The largest absolute Gasteiger partial charge is 0.473 e. The van der Waals surface area contributed by atoms with Gasteiger partial charge < -0.3 is 20.1 Å². The Kier molecular flexibility index (Phi) is 4.01.